The Bertz CT molecular complexity index is 854. The molecule has 2 heterocycles. The van der Waals surface area contributed by atoms with Gasteiger partial charge < -0.3 is 5.32 Å². The zero-order chi connectivity index (χ0) is 19.5. The minimum Gasteiger partial charge on any atom is -0.351 e. The van der Waals surface area contributed by atoms with Crippen molar-refractivity contribution < 1.29 is 18.0 Å². The molecule has 0 atom stereocenters. The highest BCUT2D eigenvalue weighted by atomic mass is 32.1. The van der Waals surface area contributed by atoms with Gasteiger partial charge in [0.2, 0.25) is 5.13 Å². The average molecular weight is 410 g/mol. The molecule has 5 nitrogen and oxygen atoms in total. The van der Waals surface area contributed by atoms with E-state index in [0.29, 0.717) is 11.7 Å². The third kappa shape index (κ3) is 3.13. The summed E-state index contributed by atoms with van der Waals surface area (Å²) >= 11 is 1.16. The first-order valence-corrected chi connectivity index (χ1v) is 10.5. The first-order valence-electron chi connectivity index (χ1n) is 9.66. The van der Waals surface area contributed by atoms with Crippen LogP contribution in [0.3, 0.4) is 0 Å². The number of alkyl halides is 3. The first-order chi connectivity index (χ1) is 13.3. The lowest BCUT2D eigenvalue weighted by molar-refractivity contribution is -0.141. The van der Waals surface area contributed by atoms with Gasteiger partial charge in [-0.3, -0.25) is 4.79 Å². The molecule has 0 spiro atoms. The molecule has 4 aliphatic carbocycles. The maximum Gasteiger partial charge on any atom is 0.435 e. The summed E-state index contributed by atoms with van der Waals surface area (Å²) in [4.78, 5) is 16.7. The van der Waals surface area contributed by atoms with Gasteiger partial charge in [0.25, 0.3) is 5.91 Å². The van der Waals surface area contributed by atoms with Crippen molar-refractivity contribution in [2.75, 3.05) is 6.54 Å². The summed E-state index contributed by atoms with van der Waals surface area (Å²) in [6.45, 7) is 0.453. The molecule has 28 heavy (non-hydrogen) atoms. The van der Waals surface area contributed by atoms with Crippen molar-refractivity contribution in [2.45, 2.75) is 44.7 Å². The number of halogens is 3. The fourth-order valence-corrected chi connectivity index (χ4v) is 6.61. The summed E-state index contributed by atoms with van der Waals surface area (Å²) in [6.07, 6.45) is 5.04. The number of nitrogens with zero attached hydrogens (tertiary/aromatic N) is 3. The van der Waals surface area contributed by atoms with Crippen LogP contribution in [0.1, 0.15) is 54.6 Å². The molecule has 0 aromatic carbocycles. The predicted molar refractivity (Wildman–Crippen MR) is 97.2 cm³/mol. The molecular weight excluding hydrogens is 389 g/mol. The van der Waals surface area contributed by atoms with Crippen LogP contribution in [0.4, 0.5) is 13.2 Å². The highest BCUT2D eigenvalue weighted by Gasteiger charge is 2.51. The Kier molecular flexibility index (Phi) is 4.08. The van der Waals surface area contributed by atoms with Crippen LogP contribution < -0.4 is 5.32 Å². The Labute approximate surface area is 164 Å². The molecule has 4 aliphatic rings. The lowest BCUT2D eigenvalue weighted by atomic mass is 9.49. The third-order valence-electron chi connectivity index (χ3n) is 6.63. The minimum atomic E-state index is -4.70. The number of amides is 1. The fourth-order valence-electron chi connectivity index (χ4n) is 6.05. The van der Waals surface area contributed by atoms with Gasteiger partial charge in [-0.05, 0) is 61.7 Å². The van der Waals surface area contributed by atoms with E-state index in [4.69, 9.17) is 0 Å². The van der Waals surface area contributed by atoms with Crippen LogP contribution in [-0.2, 0) is 6.18 Å². The number of carbonyl (C=O) groups is 1. The van der Waals surface area contributed by atoms with Crippen molar-refractivity contribution in [2.24, 2.45) is 23.2 Å². The number of thiazole rings is 1. The second-order valence-corrected chi connectivity index (χ2v) is 9.62. The van der Waals surface area contributed by atoms with Crippen LogP contribution in [0, 0.1) is 23.2 Å². The Morgan fingerprint density at radius 2 is 1.86 bits per heavy atom. The Balaban J connectivity index is 1.37. The molecule has 0 saturated heterocycles. The lowest BCUT2D eigenvalue weighted by Crippen LogP contribution is -2.51. The fraction of sp³-hybridized carbons (Fsp3) is 0.632. The number of hydrogen-bond donors (Lipinski definition) is 1. The standard InChI is InChI=1S/C19H21F3N4OS/c20-19(21,22)15-14(9-26(25-15)17-23-1-2-28-17)16(27)24-10-18-6-11-3-12(7-18)5-13(4-11)8-18/h1-2,9,11-13H,3-8,10H2,(H,24,27). The zero-order valence-electron chi connectivity index (χ0n) is 15.2. The molecule has 6 rings (SSSR count). The van der Waals surface area contributed by atoms with Crippen LogP contribution in [-0.4, -0.2) is 27.2 Å². The normalized spacial score (nSPS) is 31.3. The van der Waals surface area contributed by atoms with Crippen LogP contribution >= 0.6 is 11.3 Å². The third-order valence-corrected chi connectivity index (χ3v) is 7.39. The maximum absolute atomic E-state index is 13.4. The molecular formula is C19H21F3N4OS. The van der Waals surface area contributed by atoms with Gasteiger partial charge in [-0.2, -0.15) is 18.3 Å². The Morgan fingerprint density at radius 3 is 2.39 bits per heavy atom. The van der Waals surface area contributed by atoms with Gasteiger partial charge in [-0.15, -0.1) is 11.3 Å². The maximum atomic E-state index is 13.4. The van der Waals surface area contributed by atoms with Crippen molar-refractivity contribution in [3.8, 4) is 5.13 Å². The van der Waals surface area contributed by atoms with Crippen LogP contribution in [0.2, 0.25) is 0 Å². The SMILES string of the molecule is O=C(NCC12CC3CC(CC(C3)C1)C2)c1cn(-c2nccs2)nc1C(F)(F)F. The molecule has 4 bridgehead atoms. The molecule has 0 unspecified atom stereocenters. The molecule has 4 saturated carbocycles. The minimum absolute atomic E-state index is 0.0636. The topological polar surface area (TPSA) is 59.8 Å². The smallest absolute Gasteiger partial charge is 0.351 e. The largest absolute Gasteiger partial charge is 0.435 e. The van der Waals surface area contributed by atoms with Gasteiger partial charge in [0, 0.05) is 24.3 Å². The lowest BCUT2D eigenvalue weighted by Gasteiger charge is -2.56. The second-order valence-electron chi connectivity index (χ2n) is 8.75. The van der Waals surface area contributed by atoms with Gasteiger partial charge in [0.05, 0.1) is 5.56 Å². The van der Waals surface area contributed by atoms with E-state index in [1.807, 2.05) is 0 Å². The number of rotatable bonds is 4. The Morgan fingerprint density at radius 1 is 1.21 bits per heavy atom. The predicted octanol–water partition coefficient (Wildman–Crippen LogP) is 4.29. The van der Waals surface area contributed by atoms with Gasteiger partial charge in [-0.25, -0.2) is 9.67 Å². The van der Waals surface area contributed by atoms with Crippen LogP contribution in [0.5, 0.6) is 0 Å². The van der Waals surface area contributed by atoms with Gasteiger partial charge in [-0.1, -0.05) is 0 Å². The van der Waals surface area contributed by atoms with Crippen molar-refractivity contribution in [1.29, 1.82) is 0 Å². The van der Waals surface area contributed by atoms with E-state index in [9.17, 15) is 18.0 Å². The van der Waals surface area contributed by atoms with E-state index in [1.54, 1.807) is 5.38 Å². The van der Waals surface area contributed by atoms with Crippen molar-refractivity contribution >= 4 is 17.2 Å². The monoisotopic (exact) mass is 410 g/mol. The van der Waals surface area contributed by atoms with E-state index < -0.39 is 23.3 Å². The molecule has 0 aliphatic heterocycles. The summed E-state index contributed by atoms with van der Waals surface area (Å²) in [7, 11) is 0. The van der Waals surface area contributed by atoms with E-state index in [2.05, 4.69) is 15.4 Å². The van der Waals surface area contributed by atoms with Gasteiger partial charge in [0.1, 0.15) is 0 Å². The molecule has 2 aromatic rings. The van der Waals surface area contributed by atoms with E-state index in [0.717, 1.165) is 59.2 Å². The number of carbonyl (C=O) groups excluding carboxylic acids is 1. The zero-order valence-corrected chi connectivity index (χ0v) is 16.0. The highest BCUT2D eigenvalue weighted by molar-refractivity contribution is 7.12. The quantitative estimate of drug-likeness (QED) is 0.818. The van der Waals surface area contributed by atoms with E-state index >= 15 is 0 Å². The summed E-state index contributed by atoms with van der Waals surface area (Å²) in [5.74, 6) is 1.47. The molecule has 1 amide bonds. The van der Waals surface area contributed by atoms with Gasteiger partial charge in [0.15, 0.2) is 5.69 Å². The molecule has 4 fully saturated rings. The summed E-state index contributed by atoms with van der Waals surface area (Å²) in [5.41, 5.74) is -1.54. The van der Waals surface area contributed by atoms with Crippen molar-refractivity contribution in [1.82, 2.24) is 20.1 Å². The number of nitrogens with one attached hydrogen (secondary N) is 1. The molecule has 1 N–H and O–H groups in total. The molecule has 2 aromatic heterocycles. The van der Waals surface area contributed by atoms with Crippen molar-refractivity contribution in [3.63, 3.8) is 0 Å². The van der Waals surface area contributed by atoms with Crippen LogP contribution in [0.15, 0.2) is 17.8 Å². The average Bonchev–Trinajstić information content (AvgIpc) is 3.27. The first kappa shape index (κ1) is 18.1. The van der Waals surface area contributed by atoms with E-state index in [-0.39, 0.29) is 5.41 Å². The summed E-state index contributed by atoms with van der Waals surface area (Å²) < 4.78 is 41.4. The number of aromatic nitrogens is 3. The highest BCUT2D eigenvalue weighted by Crippen LogP contribution is 2.59. The molecule has 9 heteroatoms. The second kappa shape index (κ2) is 6.30. The van der Waals surface area contributed by atoms with Crippen molar-refractivity contribution in [3.05, 3.63) is 29.0 Å². The van der Waals surface area contributed by atoms with E-state index in [1.165, 1.54) is 25.5 Å². The summed E-state index contributed by atoms with van der Waals surface area (Å²) in [6, 6.07) is 0. The molecule has 150 valence electrons. The van der Waals surface area contributed by atoms with Gasteiger partial charge >= 0.3 is 6.18 Å². The molecule has 0 radical (unpaired) electrons. The summed E-state index contributed by atoms with van der Waals surface area (Å²) in [5, 5.41) is 8.36. The van der Waals surface area contributed by atoms with Crippen LogP contribution in [0.25, 0.3) is 5.13 Å². The Hall–Kier alpha value is -1.90. The number of hydrogen-bond acceptors (Lipinski definition) is 4.